The van der Waals surface area contributed by atoms with Crippen LogP contribution in [0.5, 0.6) is 0 Å². The molecule has 1 atom stereocenters. The fraction of sp³-hybridized carbons (Fsp3) is 0.105. The van der Waals surface area contributed by atoms with Gasteiger partial charge in [0.15, 0.2) is 0 Å². The first-order valence-corrected chi connectivity index (χ1v) is 8.04. The molecule has 4 rings (SSSR count). The van der Waals surface area contributed by atoms with Crippen molar-refractivity contribution in [2.24, 2.45) is 0 Å². The van der Waals surface area contributed by atoms with E-state index in [0.717, 1.165) is 11.2 Å². The first-order chi connectivity index (χ1) is 12.3. The summed E-state index contributed by atoms with van der Waals surface area (Å²) in [4.78, 5) is 21.0. The molecule has 1 amide bonds. The van der Waals surface area contributed by atoms with Gasteiger partial charge in [-0.25, -0.2) is 9.97 Å². The average molecular weight is 331 g/mol. The zero-order valence-corrected chi connectivity index (χ0v) is 13.5. The van der Waals surface area contributed by atoms with E-state index in [4.69, 9.17) is 0 Å². The highest BCUT2D eigenvalue weighted by Crippen LogP contribution is 2.16. The molecule has 0 saturated heterocycles. The van der Waals surface area contributed by atoms with Crippen molar-refractivity contribution in [3.8, 4) is 0 Å². The van der Waals surface area contributed by atoms with Crippen LogP contribution in [0.15, 0.2) is 79.8 Å². The number of amides is 1. The van der Waals surface area contributed by atoms with Gasteiger partial charge in [0.1, 0.15) is 5.65 Å². The first-order valence-electron chi connectivity index (χ1n) is 8.04. The van der Waals surface area contributed by atoms with Gasteiger partial charge < -0.3 is 14.3 Å². The molecule has 0 saturated carbocycles. The molecule has 3 aromatic heterocycles. The van der Waals surface area contributed by atoms with Crippen molar-refractivity contribution >= 4 is 11.6 Å². The summed E-state index contributed by atoms with van der Waals surface area (Å²) >= 11 is 0. The van der Waals surface area contributed by atoms with E-state index >= 15 is 0 Å². The number of rotatable bonds is 5. The van der Waals surface area contributed by atoms with E-state index in [1.165, 1.54) is 0 Å². The van der Waals surface area contributed by atoms with Gasteiger partial charge in [0, 0.05) is 37.5 Å². The molecule has 0 bridgehead atoms. The molecule has 0 aliphatic rings. The Morgan fingerprint density at radius 2 is 1.96 bits per heavy atom. The van der Waals surface area contributed by atoms with Gasteiger partial charge in [0.2, 0.25) is 0 Å². The molecule has 1 N–H and O–H groups in total. The summed E-state index contributed by atoms with van der Waals surface area (Å²) < 4.78 is 3.79. The van der Waals surface area contributed by atoms with Crippen molar-refractivity contribution < 1.29 is 4.79 Å². The van der Waals surface area contributed by atoms with E-state index < -0.39 is 0 Å². The molecule has 0 radical (unpaired) electrons. The van der Waals surface area contributed by atoms with Gasteiger partial charge in [-0.2, -0.15) is 0 Å². The summed E-state index contributed by atoms with van der Waals surface area (Å²) in [5.74, 6) is -0.121. The van der Waals surface area contributed by atoms with Gasteiger partial charge in [-0.1, -0.05) is 30.3 Å². The number of aromatic nitrogens is 4. The van der Waals surface area contributed by atoms with Crippen LogP contribution >= 0.6 is 0 Å². The third-order valence-corrected chi connectivity index (χ3v) is 4.11. The lowest BCUT2D eigenvalue weighted by Crippen LogP contribution is -2.31. The highest BCUT2D eigenvalue weighted by molar-refractivity contribution is 5.94. The monoisotopic (exact) mass is 331 g/mol. The van der Waals surface area contributed by atoms with Gasteiger partial charge in [0.05, 0.1) is 17.9 Å². The average Bonchev–Trinajstić information content (AvgIpc) is 3.32. The summed E-state index contributed by atoms with van der Waals surface area (Å²) in [6.45, 7) is 0.614. The van der Waals surface area contributed by atoms with Crippen LogP contribution in [0.3, 0.4) is 0 Å². The smallest absolute Gasteiger partial charge is 0.253 e. The van der Waals surface area contributed by atoms with Crippen LogP contribution in [0.1, 0.15) is 22.0 Å². The van der Waals surface area contributed by atoms with Crippen LogP contribution in [0.2, 0.25) is 0 Å². The topological polar surface area (TPSA) is 64.2 Å². The van der Waals surface area contributed by atoms with Crippen molar-refractivity contribution in [2.75, 3.05) is 0 Å². The minimum absolute atomic E-state index is 0.121. The van der Waals surface area contributed by atoms with Gasteiger partial charge in [-0.3, -0.25) is 4.79 Å². The Morgan fingerprint density at radius 3 is 2.76 bits per heavy atom. The number of carbonyl (C=O) groups is 1. The Hall–Kier alpha value is -3.41. The molecule has 1 aromatic carbocycles. The number of benzene rings is 1. The van der Waals surface area contributed by atoms with Gasteiger partial charge in [-0.05, 0) is 17.7 Å². The molecule has 0 unspecified atom stereocenters. The van der Waals surface area contributed by atoms with Crippen LogP contribution in [0.4, 0.5) is 0 Å². The molecule has 0 aliphatic heterocycles. The van der Waals surface area contributed by atoms with E-state index in [-0.39, 0.29) is 11.9 Å². The van der Waals surface area contributed by atoms with Crippen LogP contribution < -0.4 is 5.32 Å². The summed E-state index contributed by atoms with van der Waals surface area (Å²) in [7, 11) is 0. The maximum absolute atomic E-state index is 12.8. The number of nitrogens with zero attached hydrogens (tertiary/aromatic N) is 4. The lowest BCUT2D eigenvalue weighted by atomic mass is 10.1. The fourth-order valence-electron chi connectivity index (χ4n) is 2.82. The number of hydrogen-bond donors (Lipinski definition) is 1. The number of imidazole rings is 2. The van der Waals surface area contributed by atoms with Crippen molar-refractivity contribution in [3.05, 3.63) is 90.9 Å². The Labute approximate surface area is 144 Å². The standard InChI is InChI=1S/C19H17N5O/c25-19(16-6-7-18-21-9-11-24(18)12-16)22-17(13-23-10-8-20-14-23)15-4-2-1-3-5-15/h1-12,14,17H,13H2,(H,22,25)/t17-/m1/s1. The Bertz CT molecular complexity index is 975. The van der Waals surface area contributed by atoms with Crippen LogP contribution in [-0.2, 0) is 6.54 Å². The molecule has 25 heavy (non-hydrogen) atoms. The van der Waals surface area contributed by atoms with Gasteiger partial charge in [0.25, 0.3) is 5.91 Å². The minimum Gasteiger partial charge on any atom is -0.343 e. The molecule has 6 heteroatoms. The van der Waals surface area contributed by atoms with Crippen molar-refractivity contribution in [1.82, 2.24) is 24.3 Å². The third kappa shape index (κ3) is 3.28. The third-order valence-electron chi connectivity index (χ3n) is 4.11. The highest BCUT2D eigenvalue weighted by Gasteiger charge is 2.16. The highest BCUT2D eigenvalue weighted by atomic mass is 16.1. The SMILES string of the molecule is O=C(N[C@H](Cn1ccnc1)c1ccccc1)c1ccc2nccn2c1. The minimum atomic E-state index is -0.151. The largest absolute Gasteiger partial charge is 0.343 e. The Balaban J connectivity index is 1.59. The van der Waals surface area contributed by atoms with E-state index in [0.29, 0.717) is 12.1 Å². The first kappa shape index (κ1) is 15.1. The second-order valence-electron chi connectivity index (χ2n) is 5.81. The summed E-state index contributed by atoms with van der Waals surface area (Å²) in [6, 6.07) is 13.4. The molecule has 0 aliphatic carbocycles. The summed E-state index contributed by atoms with van der Waals surface area (Å²) in [5, 5.41) is 3.12. The van der Waals surface area contributed by atoms with Crippen LogP contribution in [0, 0.1) is 0 Å². The number of fused-ring (bicyclic) bond motifs is 1. The number of hydrogen-bond acceptors (Lipinski definition) is 3. The quantitative estimate of drug-likeness (QED) is 0.611. The molecular formula is C19H17N5O. The molecule has 4 aromatic rings. The lowest BCUT2D eigenvalue weighted by Gasteiger charge is -2.20. The van der Waals surface area contributed by atoms with Crippen molar-refractivity contribution in [2.45, 2.75) is 12.6 Å². The zero-order valence-electron chi connectivity index (χ0n) is 13.5. The van der Waals surface area contributed by atoms with Crippen molar-refractivity contribution in [1.29, 1.82) is 0 Å². The zero-order chi connectivity index (χ0) is 17.1. The molecule has 6 nitrogen and oxygen atoms in total. The van der Waals surface area contributed by atoms with Crippen molar-refractivity contribution in [3.63, 3.8) is 0 Å². The maximum Gasteiger partial charge on any atom is 0.253 e. The Morgan fingerprint density at radius 1 is 1.08 bits per heavy atom. The number of nitrogens with one attached hydrogen (secondary N) is 1. The normalized spacial score (nSPS) is 12.2. The van der Waals surface area contributed by atoms with E-state index in [1.807, 2.05) is 57.8 Å². The molecule has 0 fully saturated rings. The Kier molecular flexibility index (Phi) is 4.00. The molecule has 3 heterocycles. The molecule has 124 valence electrons. The predicted octanol–water partition coefficient (Wildman–Crippen LogP) is 2.70. The molecule has 0 spiro atoms. The summed E-state index contributed by atoms with van der Waals surface area (Å²) in [5.41, 5.74) is 2.46. The second kappa shape index (κ2) is 6.60. The fourth-order valence-corrected chi connectivity index (χ4v) is 2.82. The van der Waals surface area contributed by atoms with Crippen LogP contribution in [0.25, 0.3) is 5.65 Å². The predicted molar refractivity (Wildman–Crippen MR) is 94.1 cm³/mol. The number of carbonyl (C=O) groups excluding carboxylic acids is 1. The number of pyridine rings is 1. The van der Waals surface area contributed by atoms with Gasteiger partial charge >= 0.3 is 0 Å². The van der Waals surface area contributed by atoms with Gasteiger partial charge in [-0.15, -0.1) is 0 Å². The van der Waals surface area contributed by atoms with E-state index in [9.17, 15) is 4.79 Å². The van der Waals surface area contributed by atoms with Crippen LogP contribution in [-0.4, -0.2) is 24.8 Å². The van der Waals surface area contributed by atoms with E-state index in [1.54, 1.807) is 31.0 Å². The second-order valence-corrected chi connectivity index (χ2v) is 5.81. The summed E-state index contributed by atoms with van der Waals surface area (Å²) in [6.07, 6.45) is 10.7. The molecular weight excluding hydrogens is 314 g/mol. The van der Waals surface area contributed by atoms with E-state index in [2.05, 4.69) is 15.3 Å². The maximum atomic E-state index is 12.8. The lowest BCUT2D eigenvalue weighted by molar-refractivity contribution is 0.0932.